The summed E-state index contributed by atoms with van der Waals surface area (Å²) in [5, 5.41) is 19.0. The van der Waals surface area contributed by atoms with Gasteiger partial charge in [0.25, 0.3) is 11.2 Å². The summed E-state index contributed by atoms with van der Waals surface area (Å²) in [5.74, 6) is 0.269. The van der Waals surface area contributed by atoms with Crippen molar-refractivity contribution in [3.8, 4) is 10.4 Å². The van der Waals surface area contributed by atoms with Crippen molar-refractivity contribution in [3.63, 3.8) is 0 Å². The van der Waals surface area contributed by atoms with Crippen LogP contribution in [0.2, 0.25) is 0 Å². The molecule has 9 heteroatoms. The molecule has 1 N–H and O–H groups in total. The summed E-state index contributed by atoms with van der Waals surface area (Å²) in [7, 11) is 0. The van der Waals surface area contributed by atoms with Gasteiger partial charge in [0, 0.05) is 22.7 Å². The Kier molecular flexibility index (Phi) is 5.90. The third-order valence-electron chi connectivity index (χ3n) is 5.34. The first kappa shape index (κ1) is 22.2. The summed E-state index contributed by atoms with van der Waals surface area (Å²) >= 11 is 1.44. The van der Waals surface area contributed by atoms with Gasteiger partial charge in [-0.15, -0.1) is 11.3 Å². The van der Waals surface area contributed by atoms with Gasteiger partial charge in [0.1, 0.15) is 4.83 Å². The van der Waals surface area contributed by atoms with Crippen LogP contribution >= 0.6 is 11.3 Å². The van der Waals surface area contributed by atoms with Crippen LogP contribution in [0.5, 0.6) is 0 Å². The zero-order valence-corrected chi connectivity index (χ0v) is 19.4. The molecule has 0 radical (unpaired) electrons. The molecule has 0 atom stereocenters. The highest BCUT2D eigenvalue weighted by Gasteiger charge is 2.15. The number of anilines is 2. The number of aryl methyl sites for hydroxylation is 1. The fourth-order valence-corrected chi connectivity index (χ4v) is 4.50. The van der Waals surface area contributed by atoms with E-state index in [4.69, 9.17) is 4.98 Å². The highest BCUT2D eigenvalue weighted by atomic mass is 32.1. The Hall–Kier alpha value is -4.63. The van der Waals surface area contributed by atoms with Crippen LogP contribution in [-0.2, 0) is 0 Å². The lowest BCUT2D eigenvalue weighted by molar-refractivity contribution is -0.384. The van der Waals surface area contributed by atoms with Gasteiger partial charge in [0.15, 0.2) is 0 Å². The normalized spacial score (nSPS) is 11.2. The van der Waals surface area contributed by atoms with E-state index in [1.165, 1.54) is 34.4 Å². The molecule has 172 valence electrons. The quantitative estimate of drug-likeness (QED) is 0.183. The zero-order valence-electron chi connectivity index (χ0n) is 18.6. The molecule has 0 unspecified atom stereocenters. The van der Waals surface area contributed by atoms with Gasteiger partial charge in [-0.1, -0.05) is 48.0 Å². The number of aromatic nitrogens is 2. The monoisotopic (exact) mass is 481 g/mol. The van der Waals surface area contributed by atoms with Gasteiger partial charge in [-0.25, -0.2) is 4.98 Å². The molecule has 0 spiro atoms. The van der Waals surface area contributed by atoms with Crippen LogP contribution in [0.25, 0.3) is 20.7 Å². The van der Waals surface area contributed by atoms with Crippen LogP contribution in [0.3, 0.4) is 0 Å². The zero-order chi connectivity index (χ0) is 24.4. The minimum Gasteiger partial charge on any atom is -0.324 e. The van der Waals surface area contributed by atoms with E-state index in [-0.39, 0.29) is 17.2 Å². The second kappa shape index (κ2) is 9.32. The van der Waals surface area contributed by atoms with Crippen LogP contribution in [0.4, 0.5) is 17.3 Å². The van der Waals surface area contributed by atoms with Crippen molar-refractivity contribution in [3.05, 3.63) is 117 Å². The number of nitro benzene ring substituents is 1. The van der Waals surface area contributed by atoms with E-state index in [1.807, 2.05) is 67.6 Å². The summed E-state index contributed by atoms with van der Waals surface area (Å²) in [6, 6.07) is 25.3. The lowest BCUT2D eigenvalue weighted by atomic mass is 10.2. The molecular formula is C26H19N5O3S. The highest BCUT2D eigenvalue weighted by molar-refractivity contribution is 7.21. The largest absolute Gasteiger partial charge is 0.324 e. The van der Waals surface area contributed by atoms with Gasteiger partial charge in [-0.3, -0.25) is 14.9 Å². The highest BCUT2D eigenvalue weighted by Crippen LogP contribution is 2.32. The fourth-order valence-electron chi connectivity index (χ4n) is 3.48. The van der Waals surface area contributed by atoms with Crippen molar-refractivity contribution >= 4 is 45.1 Å². The number of non-ortho nitro benzene ring substituents is 1. The van der Waals surface area contributed by atoms with E-state index in [0.29, 0.717) is 15.8 Å². The Morgan fingerprint density at radius 1 is 1.03 bits per heavy atom. The maximum Gasteiger partial charge on any atom is 0.284 e. The maximum absolute atomic E-state index is 13.5. The topological polar surface area (TPSA) is 102 Å². The predicted octanol–water partition coefficient (Wildman–Crippen LogP) is 5.97. The number of benzene rings is 3. The molecule has 0 aliphatic heterocycles. The van der Waals surface area contributed by atoms with Gasteiger partial charge in [-0.2, -0.15) is 9.78 Å². The van der Waals surface area contributed by atoms with E-state index in [1.54, 1.807) is 12.1 Å². The minimum absolute atomic E-state index is 0.0177. The maximum atomic E-state index is 13.5. The van der Waals surface area contributed by atoms with E-state index in [2.05, 4.69) is 10.4 Å². The first-order valence-electron chi connectivity index (χ1n) is 10.7. The van der Waals surface area contributed by atoms with Crippen molar-refractivity contribution in [2.24, 2.45) is 5.10 Å². The molecular weight excluding hydrogens is 462 g/mol. The van der Waals surface area contributed by atoms with Crippen LogP contribution in [0.15, 0.2) is 94.8 Å². The molecule has 0 saturated heterocycles. The van der Waals surface area contributed by atoms with Crippen molar-refractivity contribution in [2.75, 3.05) is 5.32 Å². The van der Waals surface area contributed by atoms with Gasteiger partial charge in [0.2, 0.25) is 5.95 Å². The minimum atomic E-state index is -0.465. The molecule has 0 aliphatic carbocycles. The molecule has 0 saturated carbocycles. The molecule has 2 aromatic heterocycles. The van der Waals surface area contributed by atoms with Gasteiger partial charge < -0.3 is 5.32 Å². The molecule has 8 nitrogen and oxygen atoms in total. The second-order valence-electron chi connectivity index (χ2n) is 7.83. The molecule has 2 heterocycles. The number of fused-ring (bicyclic) bond motifs is 1. The number of nitrogens with one attached hydrogen (secondary N) is 1. The van der Waals surface area contributed by atoms with Crippen LogP contribution in [-0.4, -0.2) is 20.8 Å². The molecule has 5 aromatic rings. The molecule has 0 bridgehead atoms. The van der Waals surface area contributed by atoms with Crippen molar-refractivity contribution < 1.29 is 4.92 Å². The summed E-state index contributed by atoms with van der Waals surface area (Å²) < 4.78 is 1.21. The lowest BCUT2D eigenvalue weighted by Crippen LogP contribution is -2.20. The first-order chi connectivity index (χ1) is 17.0. The average molecular weight is 482 g/mol. The smallest absolute Gasteiger partial charge is 0.284 e. The Morgan fingerprint density at radius 2 is 1.74 bits per heavy atom. The SMILES string of the molecule is Cc1ccc(Nc2nc3sc(-c4ccccc4)cc3c(=O)n2/N=C/c2ccc([N+](=O)[O-])cc2)cc1. The van der Waals surface area contributed by atoms with E-state index >= 15 is 0 Å². The molecule has 0 fully saturated rings. The van der Waals surface area contributed by atoms with Crippen LogP contribution < -0.4 is 10.9 Å². The van der Waals surface area contributed by atoms with Gasteiger partial charge >= 0.3 is 0 Å². The number of nitro groups is 1. The Bertz CT molecular complexity index is 1610. The number of hydrogen-bond donors (Lipinski definition) is 1. The summed E-state index contributed by atoms with van der Waals surface area (Å²) in [4.78, 5) is 30.2. The van der Waals surface area contributed by atoms with Crippen LogP contribution in [0, 0.1) is 17.0 Å². The third-order valence-corrected chi connectivity index (χ3v) is 6.41. The van der Waals surface area contributed by atoms with Gasteiger partial charge in [-0.05, 0) is 48.4 Å². The summed E-state index contributed by atoms with van der Waals surface area (Å²) in [5.41, 5.74) is 3.15. The molecule has 5 rings (SSSR count). The molecule has 0 aliphatic rings. The van der Waals surface area contributed by atoms with Gasteiger partial charge in [0.05, 0.1) is 16.5 Å². The van der Waals surface area contributed by atoms with Crippen molar-refractivity contribution in [2.45, 2.75) is 6.92 Å². The first-order valence-corrected chi connectivity index (χ1v) is 11.5. The predicted molar refractivity (Wildman–Crippen MR) is 140 cm³/mol. The Balaban J connectivity index is 1.61. The summed E-state index contributed by atoms with van der Waals surface area (Å²) in [6.45, 7) is 2.00. The standard InChI is InChI=1S/C26H19N5O3S/c1-17-7-11-20(12-8-17)28-26-29-24-22(15-23(35-24)19-5-3-2-4-6-19)25(32)30(26)27-16-18-9-13-21(14-10-18)31(33)34/h2-16H,1H3,(H,28,29)/b27-16+. The molecule has 35 heavy (non-hydrogen) atoms. The second-order valence-corrected chi connectivity index (χ2v) is 8.86. The van der Waals surface area contributed by atoms with Crippen LogP contribution in [0.1, 0.15) is 11.1 Å². The molecule has 3 aromatic carbocycles. The Morgan fingerprint density at radius 3 is 2.43 bits per heavy atom. The van der Waals surface area contributed by atoms with E-state index in [9.17, 15) is 14.9 Å². The number of rotatable bonds is 6. The lowest BCUT2D eigenvalue weighted by Gasteiger charge is -2.10. The third kappa shape index (κ3) is 4.71. The summed E-state index contributed by atoms with van der Waals surface area (Å²) in [6.07, 6.45) is 1.48. The molecule has 0 amide bonds. The number of hydrogen-bond acceptors (Lipinski definition) is 7. The number of thiophene rings is 1. The van der Waals surface area contributed by atoms with E-state index in [0.717, 1.165) is 21.7 Å². The van der Waals surface area contributed by atoms with E-state index < -0.39 is 4.92 Å². The Labute approximate surface area is 204 Å². The number of nitrogens with zero attached hydrogens (tertiary/aromatic N) is 4. The fraction of sp³-hybridized carbons (Fsp3) is 0.0385. The van der Waals surface area contributed by atoms with Crippen molar-refractivity contribution in [1.29, 1.82) is 0 Å². The van der Waals surface area contributed by atoms with Crippen molar-refractivity contribution in [1.82, 2.24) is 9.66 Å². The average Bonchev–Trinajstić information content (AvgIpc) is 3.30.